The van der Waals surface area contributed by atoms with Gasteiger partial charge in [0.25, 0.3) is 5.91 Å². The molecule has 6 rings (SSSR count). The number of ether oxygens (including phenoxy) is 1. The van der Waals surface area contributed by atoms with Crippen molar-refractivity contribution >= 4 is 44.2 Å². The zero-order valence-electron chi connectivity index (χ0n) is 20.2. The molecule has 0 unspecified atom stereocenters. The highest BCUT2D eigenvalue weighted by Gasteiger charge is 2.23. The van der Waals surface area contributed by atoms with Crippen LogP contribution in [0.2, 0.25) is 0 Å². The summed E-state index contributed by atoms with van der Waals surface area (Å²) in [4.78, 5) is 31.7. The van der Waals surface area contributed by atoms with Crippen LogP contribution in [0.25, 0.3) is 21.7 Å². The zero-order chi connectivity index (χ0) is 24.5. The van der Waals surface area contributed by atoms with Gasteiger partial charge in [-0.1, -0.05) is 11.3 Å². The Morgan fingerprint density at radius 2 is 1.83 bits per heavy atom. The van der Waals surface area contributed by atoms with E-state index in [0.717, 1.165) is 65.9 Å². The number of pyridine rings is 2. The van der Waals surface area contributed by atoms with Crippen molar-refractivity contribution < 1.29 is 13.9 Å². The molecule has 6 heterocycles. The van der Waals surface area contributed by atoms with Gasteiger partial charge in [0.1, 0.15) is 5.76 Å². The van der Waals surface area contributed by atoms with Crippen molar-refractivity contribution in [2.75, 3.05) is 54.5 Å². The second-order valence-electron chi connectivity index (χ2n) is 9.13. The van der Waals surface area contributed by atoms with E-state index in [0.29, 0.717) is 30.3 Å². The molecular weight excluding hydrogens is 476 g/mol. The maximum Gasteiger partial charge on any atom is 0.291 e. The molecule has 2 saturated heterocycles. The predicted molar refractivity (Wildman–Crippen MR) is 141 cm³/mol. The number of thiazole rings is 1. The van der Waals surface area contributed by atoms with Crippen LogP contribution in [0.4, 0.5) is 16.6 Å². The van der Waals surface area contributed by atoms with E-state index in [1.165, 1.54) is 6.42 Å². The molecule has 0 bridgehead atoms. The highest BCUT2D eigenvalue weighted by atomic mass is 32.1. The Balaban J connectivity index is 1.31. The first-order chi connectivity index (χ1) is 17.6. The Kier molecular flexibility index (Phi) is 6.28. The molecule has 0 radical (unpaired) electrons. The number of aromatic nitrogens is 3. The molecule has 186 valence electrons. The van der Waals surface area contributed by atoms with E-state index in [2.05, 4.69) is 20.1 Å². The number of anilines is 3. The summed E-state index contributed by atoms with van der Waals surface area (Å²) in [6, 6.07) is 9.32. The average Bonchev–Trinajstić information content (AvgIpc) is 3.57. The lowest BCUT2D eigenvalue weighted by Crippen LogP contribution is -2.36. The summed E-state index contributed by atoms with van der Waals surface area (Å²) >= 11 is 1.60. The van der Waals surface area contributed by atoms with Gasteiger partial charge in [0.05, 0.1) is 23.6 Å². The first-order valence-electron chi connectivity index (χ1n) is 12.4. The van der Waals surface area contributed by atoms with Gasteiger partial charge in [-0.3, -0.25) is 9.78 Å². The summed E-state index contributed by atoms with van der Waals surface area (Å²) in [7, 11) is 0. The molecule has 0 atom stereocenters. The molecular formula is C26H28N6O3S. The summed E-state index contributed by atoms with van der Waals surface area (Å²) in [5.41, 5.74) is 3.18. The monoisotopic (exact) mass is 504 g/mol. The van der Waals surface area contributed by atoms with Crippen molar-refractivity contribution in [2.45, 2.75) is 26.2 Å². The van der Waals surface area contributed by atoms with Crippen molar-refractivity contribution in [3.05, 3.63) is 48.0 Å². The third-order valence-corrected chi connectivity index (χ3v) is 7.60. The van der Waals surface area contributed by atoms with Crippen LogP contribution in [-0.4, -0.2) is 60.3 Å². The number of aryl methyl sites for hydroxylation is 1. The standard InChI is InChI=1S/C26H28N6O3S/c1-17-15-18(7-8-27-17)20-5-6-21(35-20)25(33)28-19-16-22-23(29-24(19)31-9-3-2-4-10-31)30-26(36-22)32-11-13-34-14-12-32/h5-8,15-16H,2-4,9-14H2,1H3,(H,28,33). The molecule has 1 N–H and O–H groups in total. The van der Waals surface area contributed by atoms with Crippen molar-refractivity contribution in [1.82, 2.24) is 15.0 Å². The van der Waals surface area contributed by atoms with E-state index in [-0.39, 0.29) is 11.7 Å². The lowest BCUT2D eigenvalue weighted by Gasteiger charge is -2.29. The smallest absolute Gasteiger partial charge is 0.291 e. The van der Waals surface area contributed by atoms with Gasteiger partial charge in [-0.05, 0) is 56.5 Å². The zero-order valence-corrected chi connectivity index (χ0v) is 21.0. The molecule has 4 aromatic rings. The maximum atomic E-state index is 13.3. The third kappa shape index (κ3) is 4.66. The van der Waals surface area contributed by atoms with Crippen LogP contribution in [0.5, 0.6) is 0 Å². The number of rotatable bonds is 5. The van der Waals surface area contributed by atoms with Crippen LogP contribution >= 0.6 is 11.3 Å². The van der Waals surface area contributed by atoms with Gasteiger partial charge in [0, 0.05) is 43.6 Å². The molecule has 4 aromatic heterocycles. The Bertz CT molecular complexity index is 1390. The minimum absolute atomic E-state index is 0.252. The van der Waals surface area contributed by atoms with Gasteiger partial charge in [-0.15, -0.1) is 0 Å². The first-order valence-corrected chi connectivity index (χ1v) is 13.2. The molecule has 2 fully saturated rings. The largest absolute Gasteiger partial charge is 0.451 e. The Morgan fingerprint density at radius 3 is 2.64 bits per heavy atom. The number of furan rings is 1. The molecule has 1 amide bonds. The molecule has 0 spiro atoms. The summed E-state index contributed by atoms with van der Waals surface area (Å²) in [5.74, 6) is 1.35. The van der Waals surface area contributed by atoms with Crippen LogP contribution in [0.3, 0.4) is 0 Å². The van der Waals surface area contributed by atoms with Gasteiger partial charge in [0.15, 0.2) is 22.4 Å². The number of piperidine rings is 1. The molecule has 0 aromatic carbocycles. The summed E-state index contributed by atoms with van der Waals surface area (Å²) in [6.07, 6.45) is 5.16. The van der Waals surface area contributed by atoms with Crippen molar-refractivity contribution in [3.8, 4) is 11.3 Å². The first kappa shape index (κ1) is 22.9. The van der Waals surface area contributed by atoms with Gasteiger partial charge < -0.3 is 24.3 Å². The average molecular weight is 505 g/mol. The predicted octanol–water partition coefficient (Wildman–Crippen LogP) is 4.73. The third-order valence-electron chi connectivity index (χ3n) is 6.55. The van der Waals surface area contributed by atoms with Gasteiger partial charge in [-0.25, -0.2) is 4.98 Å². The minimum atomic E-state index is -0.302. The second kappa shape index (κ2) is 9.87. The number of hydrogen-bond acceptors (Lipinski definition) is 9. The van der Waals surface area contributed by atoms with E-state index in [1.807, 2.05) is 31.2 Å². The number of fused-ring (bicyclic) bond motifs is 1. The highest BCUT2D eigenvalue weighted by Crippen LogP contribution is 2.36. The van der Waals surface area contributed by atoms with E-state index >= 15 is 0 Å². The topological polar surface area (TPSA) is 96.6 Å². The molecule has 10 heteroatoms. The van der Waals surface area contributed by atoms with Crippen LogP contribution in [0.15, 0.2) is 40.9 Å². The van der Waals surface area contributed by atoms with Crippen molar-refractivity contribution in [3.63, 3.8) is 0 Å². The van der Waals surface area contributed by atoms with E-state index in [4.69, 9.17) is 19.1 Å². The maximum absolute atomic E-state index is 13.3. The van der Waals surface area contributed by atoms with E-state index in [9.17, 15) is 4.79 Å². The Hall–Kier alpha value is -3.50. The number of amides is 1. The fourth-order valence-electron chi connectivity index (χ4n) is 4.67. The fourth-order valence-corrected chi connectivity index (χ4v) is 5.67. The van der Waals surface area contributed by atoms with E-state index in [1.54, 1.807) is 23.6 Å². The summed E-state index contributed by atoms with van der Waals surface area (Å²) in [5, 5.41) is 4.02. The van der Waals surface area contributed by atoms with E-state index < -0.39 is 0 Å². The SMILES string of the molecule is Cc1cc(-c2ccc(C(=O)Nc3cc4sc(N5CCOCC5)nc4nc3N3CCCCC3)o2)ccn1. The molecule has 36 heavy (non-hydrogen) atoms. The Labute approximate surface area is 213 Å². The van der Waals surface area contributed by atoms with Gasteiger partial charge in [0.2, 0.25) is 0 Å². The molecule has 9 nitrogen and oxygen atoms in total. The van der Waals surface area contributed by atoms with Gasteiger partial charge >= 0.3 is 0 Å². The number of nitrogens with one attached hydrogen (secondary N) is 1. The van der Waals surface area contributed by atoms with Crippen molar-refractivity contribution in [1.29, 1.82) is 0 Å². The summed E-state index contributed by atoms with van der Waals surface area (Å²) in [6.45, 7) is 6.79. The lowest BCUT2D eigenvalue weighted by atomic mass is 10.1. The normalized spacial score (nSPS) is 16.5. The van der Waals surface area contributed by atoms with Crippen LogP contribution in [-0.2, 0) is 4.74 Å². The fraction of sp³-hybridized carbons (Fsp3) is 0.385. The quantitative estimate of drug-likeness (QED) is 0.417. The second-order valence-corrected chi connectivity index (χ2v) is 10.1. The molecule has 0 aliphatic carbocycles. The Morgan fingerprint density at radius 1 is 1.00 bits per heavy atom. The van der Waals surface area contributed by atoms with Crippen molar-refractivity contribution in [2.24, 2.45) is 0 Å². The number of carbonyl (C=O) groups is 1. The number of hydrogen-bond donors (Lipinski definition) is 1. The number of nitrogens with zero attached hydrogens (tertiary/aromatic N) is 5. The lowest BCUT2D eigenvalue weighted by molar-refractivity contribution is 0.0997. The highest BCUT2D eigenvalue weighted by molar-refractivity contribution is 7.22. The molecule has 2 aliphatic heterocycles. The molecule has 0 saturated carbocycles. The van der Waals surface area contributed by atoms with Gasteiger partial charge in [-0.2, -0.15) is 4.98 Å². The minimum Gasteiger partial charge on any atom is -0.451 e. The van der Waals surface area contributed by atoms with Crippen LogP contribution < -0.4 is 15.1 Å². The van der Waals surface area contributed by atoms with Crippen LogP contribution in [0, 0.1) is 6.92 Å². The molecule has 2 aliphatic rings. The summed E-state index contributed by atoms with van der Waals surface area (Å²) < 4.78 is 12.3. The number of morpholine rings is 1. The van der Waals surface area contributed by atoms with Crippen LogP contribution in [0.1, 0.15) is 35.5 Å². The number of carbonyl (C=O) groups excluding carboxylic acids is 1.